The van der Waals surface area contributed by atoms with Crippen LogP contribution in [0.3, 0.4) is 0 Å². The summed E-state index contributed by atoms with van der Waals surface area (Å²) in [5.41, 5.74) is 1.87. The number of guanidine groups is 1. The summed E-state index contributed by atoms with van der Waals surface area (Å²) < 4.78 is 5.64. The van der Waals surface area contributed by atoms with Crippen LogP contribution in [0.4, 0.5) is 5.69 Å². The molecule has 18 heavy (non-hydrogen) atoms. The molecule has 0 amide bonds. The maximum atomic E-state index is 5.64. The predicted molar refractivity (Wildman–Crippen MR) is 78.0 cm³/mol. The van der Waals surface area contributed by atoms with Crippen molar-refractivity contribution in [3.8, 4) is 5.75 Å². The van der Waals surface area contributed by atoms with E-state index in [0.29, 0.717) is 5.96 Å². The summed E-state index contributed by atoms with van der Waals surface area (Å²) in [4.78, 5) is 8.39. The lowest BCUT2D eigenvalue weighted by molar-refractivity contribution is 0.242. The summed E-state index contributed by atoms with van der Waals surface area (Å²) in [6.45, 7) is 7.88. The summed E-state index contributed by atoms with van der Waals surface area (Å²) in [7, 11) is 1.71. The van der Waals surface area contributed by atoms with Gasteiger partial charge in [-0.1, -0.05) is 6.07 Å². The molecule has 0 saturated carbocycles. The van der Waals surface area contributed by atoms with Crippen molar-refractivity contribution >= 4 is 17.4 Å². The molecule has 0 aromatic heterocycles. The average molecular weight is 247 g/mol. The number of nitrogens with zero attached hydrogens (tertiary/aromatic N) is 2. The zero-order valence-electron chi connectivity index (χ0n) is 11.7. The van der Waals surface area contributed by atoms with Crippen LogP contribution in [-0.2, 0) is 0 Å². The molecule has 0 fully saturated rings. The highest BCUT2D eigenvalue weighted by atomic mass is 16.5. The van der Waals surface area contributed by atoms with Crippen molar-refractivity contribution in [1.82, 2.24) is 0 Å². The second-order valence-electron chi connectivity index (χ2n) is 4.43. The van der Waals surface area contributed by atoms with Crippen LogP contribution in [0.2, 0.25) is 0 Å². The van der Waals surface area contributed by atoms with Crippen LogP contribution in [0.25, 0.3) is 0 Å². The summed E-state index contributed by atoms with van der Waals surface area (Å²) in [5.74, 6) is 1.43. The maximum Gasteiger partial charge on any atom is 0.222 e. The fourth-order valence-corrected chi connectivity index (χ4v) is 1.39. The van der Waals surface area contributed by atoms with E-state index in [1.807, 2.05) is 52.0 Å². The fraction of sp³-hybridized carbons (Fsp3) is 0.429. The largest absolute Gasteiger partial charge is 0.491 e. The Morgan fingerprint density at radius 3 is 2.56 bits per heavy atom. The first-order valence-corrected chi connectivity index (χ1v) is 6.03. The molecule has 0 unspecified atom stereocenters. The number of anilines is 1. The molecule has 4 heteroatoms. The molecular formula is C14H21N3O. The van der Waals surface area contributed by atoms with Gasteiger partial charge < -0.3 is 10.1 Å². The molecular weight excluding hydrogens is 226 g/mol. The van der Waals surface area contributed by atoms with Crippen LogP contribution >= 0.6 is 0 Å². The molecule has 4 nitrogen and oxygen atoms in total. The second kappa shape index (κ2) is 6.79. The molecule has 98 valence electrons. The molecule has 0 spiro atoms. The van der Waals surface area contributed by atoms with E-state index in [1.165, 1.54) is 0 Å². The number of benzene rings is 1. The van der Waals surface area contributed by atoms with Crippen molar-refractivity contribution < 1.29 is 4.74 Å². The minimum atomic E-state index is 0.162. The molecule has 1 N–H and O–H groups in total. The van der Waals surface area contributed by atoms with Gasteiger partial charge in [0.1, 0.15) is 5.75 Å². The highest BCUT2D eigenvalue weighted by molar-refractivity contribution is 6.02. The summed E-state index contributed by atoms with van der Waals surface area (Å²) >= 11 is 0. The number of rotatable bonds is 3. The monoisotopic (exact) mass is 247 g/mol. The van der Waals surface area contributed by atoms with E-state index in [0.717, 1.165) is 17.1 Å². The molecule has 0 aliphatic rings. The van der Waals surface area contributed by atoms with E-state index < -0.39 is 0 Å². The molecule has 0 saturated heterocycles. The minimum Gasteiger partial charge on any atom is -0.491 e. The number of nitrogens with one attached hydrogen (secondary N) is 1. The fourth-order valence-electron chi connectivity index (χ4n) is 1.39. The summed E-state index contributed by atoms with van der Waals surface area (Å²) in [6, 6.07) is 7.77. The Morgan fingerprint density at radius 1 is 1.28 bits per heavy atom. The number of hydrogen-bond acceptors (Lipinski definition) is 2. The van der Waals surface area contributed by atoms with Crippen LogP contribution in [0.5, 0.6) is 5.75 Å². The quantitative estimate of drug-likeness (QED) is 0.657. The number of hydrogen-bond donors (Lipinski definition) is 1. The van der Waals surface area contributed by atoms with Gasteiger partial charge in [0.2, 0.25) is 5.96 Å². The van der Waals surface area contributed by atoms with Crippen molar-refractivity contribution in [2.75, 3.05) is 12.4 Å². The standard InChI is InChI=1S/C14H21N3O/c1-10(2)16-14(15-5)17-12-7-6-8-13(9-12)18-11(3)4/h6-9,11H,1-5H3,(H,15,17). The van der Waals surface area contributed by atoms with Gasteiger partial charge in [0.25, 0.3) is 0 Å². The van der Waals surface area contributed by atoms with Crippen LogP contribution in [0.15, 0.2) is 34.3 Å². The maximum absolute atomic E-state index is 5.64. The third kappa shape index (κ3) is 4.99. The normalized spacial score (nSPS) is 11.3. The van der Waals surface area contributed by atoms with Crippen LogP contribution in [-0.4, -0.2) is 24.8 Å². The van der Waals surface area contributed by atoms with E-state index >= 15 is 0 Å². The minimum absolute atomic E-state index is 0.162. The SMILES string of the molecule is CN=C(N=C(C)C)Nc1cccc(OC(C)C)c1. The van der Waals surface area contributed by atoms with Gasteiger partial charge in [0.05, 0.1) is 6.10 Å². The first-order chi connectivity index (χ1) is 8.51. The van der Waals surface area contributed by atoms with Gasteiger partial charge in [0, 0.05) is 24.5 Å². The van der Waals surface area contributed by atoms with E-state index in [9.17, 15) is 0 Å². The highest BCUT2D eigenvalue weighted by Gasteiger charge is 2.01. The van der Waals surface area contributed by atoms with Gasteiger partial charge in [-0.15, -0.1) is 0 Å². The Kier molecular flexibility index (Phi) is 5.36. The second-order valence-corrected chi connectivity index (χ2v) is 4.43. The van der Waals surface area contributed by atoms with Crippen molar-refractivity contribution in [1.29, 1.82) is 0 Å². The van der Waals surface area contributed by atoms with Gasteiger partial charge >= 0.3 is 0 Å². The molecule has 0 bridgehead atoms. The Morgan fingerprint density at radius 2 is 2.00 bits per heavy atom. The first-order valence-electron chi connectivity index (χ1n) is 6.03. The Labute approximate surface area is 109 Å². The van der Waals surface area contributed by atoms with Gasteiger partial charge in [-0.2, -0.15) is 0 Å². The van der Waals surface area contributed by atoms with Gasteiger partial charge in [-0.25, -0.2) is 4.99 Å². The van der Waals surface area contributed by atoms with Crippen molar-refractivity contribution in [3.05, 3.63) is 24.3 Å². The average Bonchev–Trinajstić information content (AvgIpc) is 2.27. The molecule has 0 atom stereocenters. The van der Waals surface area contributed by atoms with Crippen LogP contribution in [0, 0.1) is 0 Å². The van der Waals surface area contributed by atoms with E-state index in [4.69, 9.17) is 4.74 Å². The van der Waals surface area contributed by atoms with Crippen molar-refractivity contribution in [2.45, 2.75) is 33.8 Å². The molecule has 1 aromatic rings. The Hall–Kier alpha value is -1.84. The lowest BCUT2D eigenvalue weighted by Gasteiger charge is -2.11. The third-order valence-electron chi connectivity index (χ3n) is 2.00. The molecule has 0 aliphatic carbocycles. The topological polar surface area (TPSA) is 46.0 Å². The molecule has 1 rings (SSSR count). The van der Waals surface area contributed by atoms with E-state index in [1.54, 1.807) is 7.05 Å². The van der Waals surface area contributed by atoms with Crippen LogP contribution < -0.4 is 10.1 Å². The van der Waals surface area contributed by atoms with E-state index in [-0.39, 0.29) is 6.10 Å². The summed E-state index contributed by atoms with van der Waals surface area (Å²) in [6.07, 6.45) is 0.162. The number of ether oxygens (including phenoxy) is 1. The molecule has 0 radical (unpaired) electrons. The molecule has 1 aromatic carbocycles. The lowest BCUT2D eigenvalue weighted by Crippen LogP contribution is -2.11. The molecule has 0 aliphatic heterocycles. The zero-order chi connectivity index (χ0) is 13.5. The van der Waals surface area contributed by atoms with Crippen molar-refractivity contribution in [3.63, 3.8) is 0 Å². The Balaban J connectivity index is 2.81. The zero-order valence-corrected chi connectivity index (χ0v) is 11.7. The first kappa shape index (κ1) is 14.2. The van der Waals surface area contributed by atoms with Gasteiger partial charge in [-0.05, 0) is 39.8 Å². The Bertz CT molecular complexity index is 446. The van der Waals surface area contributed by atoms with Gasteiger partial charge in [0.15, 0.2) is 0 Å². The highest BCUT2D eigenvalue weighted by Crippen LogP contribution is 2.18. The number of aliphatic imine (C=N–C) groups is 2. The van der Waals surface area contributed by atoms with E-state index in [2.05, 4.69) is 15.3 Å². The lowest BCUT2D eigenvalue weighted by atomic mass is 10.3. The third-order valence-corrected chi connectivity index (χ3v) is 2.00. The van der Waals surface area contributed by atoms with Gasteiger partial charge in [-0.3, -0.25) is 4.99 Å². The summed E-state index contributed by atoms with van der Waals surface area (Å²) in [5, 5.41) is 3.16. The van der Waals surface area contributed by atoms with Crippen LogP contribution in [0.1, 0.15) is 27.7 Å². The molecule has 0 heterocycles. The smallest absolute Gasteiger partial charge is 0.222 e. The predicted octanol–water partition coefficient (Wildman–Crippen LogP) is 3.35. The van der Waals surface area contributed by atoms with Crippen molar-refractivity contribution in [2.24, 2.45) is 9.98 Å².